The SMILES string of the molecule is CC=CCC=CCC(C)C. The van der Waals surface area contributed by atoms with E-state index < -0.39 is 0 Å². The highest BCUT2D eigenvalue weighted by atomic mass is 13.9. The van der Waals surface area contributed by atoms with E-state index in [9.17, 15) is 0 Å². The molecule has 0 heteroatoms. The fourth-order valence-electron chi connectivity index (χ4n) is 0.679. The summed E-state index contributed by atoms with van der Waals surface area (Å²) in [6, 6.07) is 0. The third kappa shape index (κ3) is 7.48. The van der Waals surface area contributed by atoms with Crippen LogP contribution in [0.4, 0.5) is 0 Å². The monoisotopic (exact) mass is 138 g/mol. The van der Waals surface area contributed by atoms with E-state index in [2.05, 4.69) is 45.1 Å². The van der Waals surface area contributed by atoms with Gasteiger partial charge >= 0.3 is 0 Å². The normalized spacial score (nSPS) is 12.4. The van der Waals surface area contributed by atoms with Crippen molar-refractivity contribution in [1.29, 1.82) is 0 Å². The zero-order valence-corrected chi connectivity index (χ0v) is 7.30. The number of rotatable bonds is 4. The van der Waals surface area contributed by atoms with Gasteiger partial charge in [0.25, 0.3) is 0 Å². The van der Waals surface area contributed by atoms with E-state index in [0.717, 1.165) is 12.3 Å². The van der Waals surface area contributed by atoms with Crippen LogP contribution in [0.25, 0.3) is 0 Å². The molecule has 0 aromatic heterocycles. The van der Waals surface area contributed by atoms with Crippen LogP contribution in [-0.4, -0.2) is 0 Å². The molecule has 0 saturated carbocycles. The van der Waals surface area contributed by atoms with Crippen LogP contribution < -0.4 is 0 Å². The standard InChI is InChI=1S/C10H18/c1-4-5-6-7-8-9-10(2)3/h4-5,7-8,10H,6,9H2,1-3H3. The summed E-state index contributed by atoms with van der Waals surface area (Å²) in [5, 5.41) is 0. The second-order valence-electron chi connectivity index (χ2n) is 2.91. The van der Waals surface area contributed by atoms with Gasteiger partial charge in [0.2, 0.25) is 0 Å². The Morgan fingerprint density at radius 1 is 1.10 bits per heavy atom. The van der Waals surface area contributed by atoms with E-state index in [4.69, 9.17) is 0 Å². The Bertz CT molecular complexity index is 107. The van der Waals surface area contributed by atoms with Gasteiger partial charge in [-0.3, -0.25) is 0 Å². The van der Waals surface area contributed by atoms with Crippen LogP contribution in [0.5, 0.6) is 0 Å². The molecule has 0 heterocycles. The highest BCUT2D eigenvalue weighted by molar-refractivity contribution is 4.91. The number of allylic oxidation sites excluding steroid dienone is 4. The Labute approximate surface area is 64.6 Å². The van der Waals surface area contributed by atoms with Crippen molar-refractivity contribution in [3.8, 4) is 0 Å². The fourth-order valence-corrected chi connectivity index (χ4v) is 0.679. The minimum absolute atomic E-state index is 0.793. The Morgan fingerprint density at radius 3 is 2.30 bits per heavy atom. The predicted molar refractivity (Wildman–Crippen MR) is 48.0 cm³/mol. The van der Waals surface area contributed by atoms with Crippen LogP contribution in [0.1, 0.15) is 33.6 Å². The van der Waals surface area contributed by atoms with Gasteiger partial charge in [-0.2, -0.15) is 0 Å². The molecule has 0 N–H and O–H groups in total. The van der Waals surface area contributed by atoms with Gasteiger partial charge in [0.1, 0.15) is 0 Å². The van der Waals surface area contributed by atoms with Crippen LogP contribution in [0.15, 0.2) is 24.3 Å². The van der Waals surface area contributed by atoms with Crippen molar-refractivity contribution in [2.75, 3.05) is 0 Å². The lowest BCUT2D eigenvalue weighted by atomic mass is 10.1. The van der Waals surface area contributed by atoms with Crippen molar-refractivity contribution >= 4 is 0 Å². The molecule has 0 bridgehead atoms. The second-order valence-corrected chi connectivity index (χ2v) is 2.91. The summed E-state index contributed by atoms with van der Waals surface area (Å²) in [4.78, 5) is 0. The van der Waals surface area contributed by atoms with E-state index in [1.54, 1.807) is 0 Å². The predicted octanol–water partition coefficient (Wildman–Crippen LogP) is 3.55. The van der Waals surface area contributed by atoms with Crippen LogP contribution >= 0.6 is 0 Å². The molecule has 0 saturated heterocycles. The number of hydrogen-bond donors (Lipinski definition) is 0. The van der Waals surface area contributed by atoms with Crippen molar-refractivity contribution < 1.29 is 0 Å². The van der Waals surface area contributed by atoms with E-state index in [-0.39, 0.29) is 0 Å². The molecule has 10 heavy (non-hydrogen) atoms. The molecular formula is C10H18. The lowest BCUT2D eigenvalue weighted by molar-refractivity contribution is 0.663. The van der Waals surface area contributed by atoms with E-state index in [1.807, 2.05) is 0 Å². The van der Waals surface area contributed by atoms with Crippen molar-refractivity contribution in [2.45, 2.75) is 33.6 Å². The van der Waals surface area contributed by atoms with Crippen LogP contribution in [-0.2, 0) is 0 Å². The summed E-state index contributed by atoms with van der Waals surface area (Å²) in [7, 11) is 0. The first-order chi connectivity index (χ1) is 4.77. The van der Waals surface area contributed by atoms with E-state index >= 15 is 0 Å². The maximum atomic E-state index is 2.25. The quantitative estimate of drug-likeness (QED) is 0.521. The van der Waals surface area contributed by atoms with Gasteiger partial charge in [-0.25, -0.2) is 0 Å². The molecule has 0 aliphatic rings. The molecule has 0 unspecified atom stereocenters. The molecule has 0 aliphatic heterocycles. The van der Waals surface area contributed by atoms with E-state index in [1.165, 1.54) is 6.42 Å². The minimum atomic E-state index is 0.793. The molecule has 0 spiro atoms. The van der Waals surface area contributed by atoms with Crippen molar-refractivity contribution in [3.63, 3.8) is 0 Å². The molecule has 0 rings (SSSR count). The summed E-state index contributed by atoms with van der Waals surface area (Å²) in [6.45, 7) is 6.52. The average Bonchev–Trinajstić information content (AvgIpc) is 1.87. The first kappa shape index (κ1) is 9.48. The average molecular weight is 138 g/mol. The fraction of sp³-hybridized carbons (Fsp3) is 0.600. The summed E-state index contributed by atoms with van der Waals surface area (Å²) >= 11 is 0. The maximum Gasteiger partial charge on any atom is -0.0169 e. The Kier molecular flexibility index (Phi) is 6.25. The second kappa shape index (κ2) is 6.60. The first-order valence-corrected chi connectivity index (χ1v) is 4.03. The van der Waals surface area contributed by atoms with Crippen molar-refractivity contribution in [3.05, 3.63) is 24.3 Å². The maximum absolute atomic E-state index is 2.25. The molecule has 0 aliphatic carbocycles. The van der Waals surface area contributed by atoms with Gasteiger partial charge < -0.3 is 0 Å². The lowest BCUT2D eigenvalue weighted by Gasteiger charge is -1.94. The molecule has 0 amide bonds. The Hall–Kier alpha value is -0.520. The third-order valence-electron chi connectivity index (χ3n) is 1.28. The molecule has 0 aromatic rings. The van der Waals surface area contributed by atoms with Crippen molar-refractivity contribution in [1.82, 2.24) is 0 Å². The Morgan fingerprint density at radius 2 is 1.80 bits per heavy atom. The highest BCUT2D eigenvalue weighted by Gasteiger charge is 1.85. The van der Waals surface area contributed by atoms with Gasteiger partial charge in [0.05, 0.1) is 0 Å². The minimum Gasteiger partial charge on any atom is -0.0914 e. The van der Waals surface area contributed by atoms with E-state index in [0.29, 0.717) is 0 Å². The zero-order valence-electron chi connectivity index (χ0n) is 7.30. The molecule has 58 valence electrons. The molecule has 0 fully saturated rings. The topological polar surface area (TPSA) is 0 Å². The smallest absolute Gasteiger partial charge is 0.0169 e. The van der Waals surface area contributed by atoms with Crippen LogP contribution in [0.2, 0.25) is 0 Å². The van der Waals surface area contributed by atoms with Gasteiger partial charge in [0, 0.05) is 0 Å². The lowest BCUT2D eigenvalue weighted by Crippen LogP contribution is -1.80. The molecule has 0 atom stereocenters. The summed E-state index contributed by atoms with van der Waals surface area (Å²) in [6.07, 6.45) is 11.0. The molecule has 0 nitrogen and oxygen atoms in total. The van der Waals surface area contributed by atoms with Crippen molar-refractivity contribution in [2.24, 2.45) is 5.92 Å². The van der Waals surface area contributed by atoms with Gasteiger partial charge in [-0.05, 0) is 25.7 Å². The van der Waals surface area contributed by atoms with Gasteiger partial charge in [-0.15, -0.1) is 0 Å². The Balaban J connectivity index is 3.20. The summed E-state index contributed by atoms with van der Waals surface area (Å²) in [5.41, 5.74) is 0. The first-order valence-electron chi connectivity index (χ1n) is 4.03. The van der Waals surface area contributed by atoms with Gasteiger partial charge in [-0.1, -0.05) is 38.2 Å². The van der Waals surface area contributed by atoms with Crippen LogP contribution in [0, 0.1) is 5.92 Å². The van der Waals surface area contributed by atoms with Crippen LogP contribution in [0.3, 0.4) is 0 Å². The van der Waals surface area contributed by atoms with Gasteiger partial charge in [0.15, 0.2) is 0 Å². The molecule has 0 radical (unpaired) electrons. The summed E-state index contributed by atoms with van der Waals surface area (Å²) < 4.78 is 0. The largest absolute Gasteiger partial charge is 0.0914 e. The molecule has 0 aromatic carbocycles. The molecular weight excluding hydrogens is 120 g/mol. The highest BCUT2D eigenvalue weighted by Crippen LogP contribution is 2.00. The number of hydrogen-bond acceptors (Lipinski definition) is 0. The summed E-state index contributed by atoms with van der Waals surface area (Å²) in [5.74, 6) is 0.793. The zero-order chi connectivity index (χ0) is 7.82. The third-order valence-corrected chi connectivity index (χ3v) is 1.28.